The summed E-state index contributed by atoms with van der Waals surface area (Å²) >= 11 is 12.3. The number of fused-ring (bicyclic) bond motifs is 1. The van der Waals surface area contributed by atoms with Crippen LogP contribution in [0.5, 0.6) is 0 Å². The normalized spacial score (nSPS) is 12.3. The number of carbonyl (C=O) groups is 2. The number of benzene rings is 3. The molecule has 7 nitrogen and oxygen atoms in total. The molecule has 186 valence electrons. The standard InChI is InChI=1S/C25H27Cl2N3O4S/c1-4-28-25(32)17(2)29(15-19-12-13-20(26)14-22(19)27)24(31)16-30(35(3,33)34)23-11-7-9-18-8-5-6-10-21(18)23/h5-14,17H,4,15-16H2,1-3H3,(H,28,32)/t17-/m0/s1. The summed E-state index contributed by atoms with van der Waals surface area (Å²) in [5, 5.41) is 5.02. The lowest BCUT2D eigenvalue weighted by molar-refractivity contribution is -0.139. The van der Waals surface area contributed by atoms with Crippen LogP contribution in [-0.4, -0.2) is 50.5 Å². The van der Waals surface area contributed by atoms with E-state index in [0.29, 0.717) is 33.2 Å². The number of carbonyl (C=O) groups excluding carboxylic acids is 2. The van der Waals surface area contributed by atoms with Gasteiger partial charge in [0.05, 0.1) is 11.9 Å². The van der Waals surface area contributed by atoms with Gasteiger partial charge in [0.25, 0.3) is 0 Å². The second-order valence-corrected chi connectivity index (χ2v) is 10.8. The SMILES string of the molecule is CCNC(=O)[C@H](C)N(Cc1ccc(Cl)cc1Cl)C(=O)CN(c1cccc2ccccc12)S(C)(=O)=O. The van der Waals surface area contributed by atoms with E-state index in [0.717, 1.165) is 15.9 Å². The van der Waals surface area contributed by atoms with Crippen LogP contribution < -0.4 is 9.62 Å². The minimum Gasteiger partial charge on any atom is -0.355 e. The summed E-state index contributed by atoms with van der Waals surface area (Å²) in [7, 11) is -3.84. The maximum Gasteiger partial charge on any atom is 0.244 e. The van der Waals surface area contributed by atoms with E-state index in [2.05, 4.69) is 5.32 Å². The van der Waals surface area contributed by atoms with Crippen LogP contribution in [0.3, 0.4) is 0 Å². The van der Waals surface area contributed by atoms with Crippen molar-refractivity contribution in [3.8, 4) is 0 Å². The summed E-state index contributed by atoms with van der Waals surface area (Å²) in [6.45, 7) is 3.27. The first-order valence-electron chi connectivity index (χ1n) is 11.0. The Morgan fingerprint density at radius 3 is 2.37 bits per heavy atom. The van der Waals surface area contributed by atoms with Gasteiger partial charge in [0.1, 0.15) is 12.6 Å². The molecule has 3 aromatic carbocycles. The maximum absolute atomic E-state index is 13.6. The summed E-state index contributed by atoms with van der Waals surface area (Å²) in [4.78, 5) is 27.6. The molecule has 1 atom stereocenters. The van der Waals surface area contributed by atoms with Gasteiger partial charge in [0.15, 0.2) is 0 Å². The molecule has 0 aliphatic heterocycles. The van der Waals surface area contributed by atoms with E-state index in [1.165, 1.54) is 4.90 Å². The number of likely N-dealkylation sites (N-methyl/N-ethyl adjacent to an activating group) is 1. The molecule has 0 spiro atoms. The van der Waals surface area contributed by atoms with Gasteiger partial charge in [-0.25, -0.2) is 8.42 Å². The molecular weight excluding hydrogens is 509 g/mol. The molecule has 35 heavy (non-hydrogen) atoms. The first-order valence-corrected chi connectivity index (χ1v) is 13.6. The Labute approximate surface area is 215 Å². The minimum atomic E-state index is -3.84. The molecule has 0 fully saturated rings. The third kappa shape index (κ3) is 6.45. The number of sulfonamides is 1. The van der Waals surface area contributed by atoms with Crippen LogP contribution in [0, 0.1) is 0 Å². The average molecular weight is 536 g/mol. The van der Waals surface area contributed by atoms with Gasteiger partial charge in [0.2, 0.25) is 21.8 Å². The largest absolute Gasteiger partial charge is 0.355 e. The van der Waals surface area contributed by atoms with Gasteiger partial charge < -0.3 is 10.2 Å². The zero-order valence-corrected chi connectivity index (χ0v) is 22.0. The quantitative estimate of drug-likeness (QED) is 0.438. The van der Waals surface area contributed by atoms with E-state index in [-0.39, 0.29) is 12.5 Å². The molecule has 0 unspecified atom stereocenters. The van der Waals surface area contributed by atoms with Gasteiger partial charge in [-0.15, -0.1) is 0 Å². The maximum atomic E-state index is 13.6. The van der Waals surface area contributed by atoms with E-state index in [9.17, 15) is 18.0 Å². The van der Waals surface area contributed by atoms with Crippen LogP contribution in [0.4, 0.5) is 5.69 Å². The highest BCUT2D eigenvalue weighted by molar-refractivity contribution is 7.92. The summed E-state index contributed by atoms with van der Waals surface area (Å²) in [5.41, 5.74) is 0.964. The molecule has 0 bridgehead atoms. The Balaban J connectivity index is 2.01. The lowest BCUT2D eigenvalue weighted by Gasteiger charge is -2.32. The number of nitrogens with zero attached hydrogens (tertiary/aromatic N) is 2. The van der Waals surface area contributed by atoms with Crippen molar-refractivity contribution < 1.29 is 18.0 Å². The highest BCUT2D eigenvalue weighted by Crippen LogP contribution is 2.29. The topological polar surface area (TPSA) is 86.8 Å². The predicted octanol–water partition coefficient (Wildman–Crippen LogP) is 4.47. The van der Waals surface area contributed by atoms with Crippen molar-refractivity contribution in [3.63, 3.8) is 0 Å². The number of nitrogens with one attached hydrogen (secondary N) is 1. The third-order valence-corrected chi connectivity index (χ3v) is 7.30. The van der Waals surface area contributed by atoms with Gasteiger partial charge in [-0.3, -0.25) is 13.9 Å². The van der Waals surface area contributed by atoms with Crippen LogP contribution in [0.15, 0.2) is 60.7 Å². The summed E-state index contributed by atoms with van der Waals surface area (Å²) in [6, 6.07) is 16.6. The molecule has 2 amide bonds. The van der Waals surface area contributed by atoms with Crippen molar-refractivity contribution >= 4 is 61.5 Å². The third-order valence-electron chi connectivity index (χ3n) is 5.59. The molecule has 0 saturated heterocycles. The predicted molar refractivity (Wildman–Crippen MR) is 141 cm³/mol. The van der Waals surface area contributed by atoms with Crippen molar-refractivity contribution in [2.24, 2.45) is 0 Å². The highest BCUT2D eigenvalue weighted by atomic mass is 35.5. The van der Waals surface area contributed by atoms with Crippen LogP contribution in [-0.2, 0) is 26.2 Å². The molecule has 0 saturated carbocycles. The van der Waals surface area contributed by atoms with E-state index in [1.54, 1.807) is 56.3 Å². The Bertz CT molecular complexity index is 1340. The van der Waals surface area contributed by atoms with Gasteiger partial charge in [-0.2, -0.15) is 0 Å². The van der Waals surface area contributed by atoms with Crippen LogP contribution in [0.25, 0.3) is 10.8 Å². The van der Waals surface area contributed by atoms with E-state index < -0.39 is 28.5 Å². The van der Waals surface area contributed by atoms with Crippen molar-refractivity contribution in [3.05, 3.63) is 76.3 Å². The van der Waals surface area contributed by atoms with Crippen molar-refractivity contribution in [2.75, 3.05) is 23.7 Å². The first kappa shape index (κ1) is 26.8. The van der Waals surface area contributed by atoms with Gasteiger partial charge >= 0.3 is 0 Å². The molecule has 0 heterocycles. The number of hydrogen-bond donors (Lipinski definition) is 1. The fraction of sp³-hybridized carbons (Fsp3) is 0.280. The smallest absolute Gasteiger partial charge is 0.244 e. The fourth-order valence-electron chi connectivity index (χ4n) is 3.76. The lowest BCUT2D eigenvalue weighted by Crippen LogP contribution is -2.51. The number of anilines is 1. The lowest BCUT2D eigenvalue weighted by atomic mass is 10.1. The van der Waals surface area contributed by atoms with E-state index >= 15 is 0 Å². The van der Waals surface area contributed by atoms with E-state index in [1.807, 2.05) is 18.2 Å². The zero-order chi connectivity index (χ0) is 25.8. The molecule has 3 rings (SSSR count). The minimum absolute atomic E-state index is 0.000274. The monoisotopic (exact) mass is 535 g/mol. The Hall–Kier alpha value is -2.81. The van der Waals surface area contributed by atoms with Crippen molar-refractivity contribution in [1.82, 2.24) is 10.2 Å². The van der Waals surface area contributed by atoms with Crippen LogP contribution in [0.2, 0.25) is 10.0 Å². The molecule has 1 N–H and O–H groups in total. The number of hydrogen-bond acceptors (Lipinski definition) is 4. The number of halogens is 2. The molecule has 0 aliphatic rings. The highest BCUT2D eigenvalue weighted by Gasteiger charge is 2.30. The summed E-state index contributed by atoms with van der Waals surface area (Å²) in [5.74, 6) is -0.907. The number of rotatable bonds is 9. The van der Waals surface area contributed by atoms with Gasteiger partial charge in [-0.1, -0.05) is 65.7 Å². The molecule has 3 aromatic rings. The average Bonchev–Trinajstić information content (AvgIpc) is 2.80. The molecule has 10 heteroatoms. The van der Waals surface area contributed by atoms with Crippen molar-refractivity contribution in [2.45, 2.75) is 26.4 Å². The second kappa shape index (κ2) is 11.3. The Morgan fingerprint density at radius 1 is 1.03 bits per heavy atom. The van der Waals surface area contributed by atoms with Crippen molar-refractivity contribution in [1.29, 1.82) is 0 Å². The first-order chi connectivity index (χ1) is 16.5. The van der Waals surface area contributed by atoms with E-state index in [4.69, 9.17) is 23.2 Å². The summed E-state index contributed by atoms with van der Waals surface area (Å²) in [6.07, 6.45) is 1.05. The second-order valence-electron chi connectivity index (χ2n) is 8.10. The Kier molecular flexibility index (Phi) is 8.64. The summed E-state index contributed by atoms with van der Waals surface area (Å²) < 4.78 is 26.7. The van der Waals surface area contributed by atoms with Crippen LogP contribution in [0.1, 0.15) is 19.4 Å². The zero-order valence-electron chi connectivity index (χ0n) is 19.7. The number of amides is 2. The molecule has 0 aliphatic carbocycles. The molecular formula is C25H27Cl2N3O4S. The fourth-order valence-corrected chi connectivity index (χ4v) is 5.09. The Morgan fingerprint density at radius 2 is 1.71 bits per heavy atom. The molecule has 0 aromatic heterocycles. The van der Waals surface area contributed by atoms with Crippen LogP contribution >= 0.6 is 23.2 Å². The molecule has 0 radical (unpaired) electrons. The van der Waals surface area contributed by atoms with Gasteiger partial charge in [-0.05, 0) is 43.0 Å². The van der Waals surface area contributed by atoms with Gasteiger partial charge in [0, 0.05) is 28.5 Å².